The lowest BCUT2D eigenvalue weighted by molar-refractivity contribution is -0.384. The number of nitro benzene ring substituents is 1. The summed E-state index contributed by atoms with van der Waals surface area (Å²) in [5.74, 6) is 0.316. The van der Waals surface area contributed by atoms with Gasteiger partial charge in [-0.25, -0.2) is 5.43 Å². The van der Waals surface area contributed by atoms with Gasteiger partial charge >= 0.3 is 0 Å². The predicted molar refractivity (Wildman–Crippen MR) is 110 cm³/mol. The van der Waals surface area contributed by atoms with Gasteiger partial charge < -0.3 is 9.30 Å². The second kappa shape index (κ2) is 8.83. The summed E-state index contributed by atoms with van der Waals surface area (Å²) in [6.45, 7) is 3.70. The zero-order valence-electron chi connectivity index (χ0n) is 16.0. The Morgan fingerprint density at radius 1 is 1.14 bits per heavy atom. The van der Waals surface area contributed by atoms with Crippen molar-refractivity contribution in [3.8, 4) is 11.4 Å². The highest BCUT2D eigenvalue weighted by molar-refractivity contribution is 5.82. The SMILES string of the molecule is Cc1cccc(C)c1OCC(=O)N/N=C/c1cccn1-c1ccc([N+](=O)[O-])cc1. The first-order valence-electron chi connectivity index (χ1n) is 8.89. The lowest BCUT2D eigenvalue weighted by atomic mass is 10.1. The third-order valence-corrected chi connectivity index (χ3v) is 4.26. The molecule has 2 aromatic carbocycles. The highest BCUT2D eigenvalue weighted by Crippen LogP contribution is 2.22. The number of benzene rings is 2. The highest BCUT2D eigenvalue weighted by atomic mass is 16.6. The van der Waals surface area contributed by atoms with E-state index in [0.29, 0.717) is 11.4 Å². The first kappa shape index (κ1) is 19.8. The van der Waals surface area contributed by atoms with E-state index in [9.17, 15) is 14.9 Å². The Morgan fingerprint density at radius 2 is 1.83 bits per heavy atom. The van der Waals surface area contributed by atoms with Crippen molar-refractivity contribution in [1.29, 1.82) is 0 Å². The molecule has 29 heavy (non-hydrogen) atoms. The number of para-hydroxylation sites is 1. The van der Waals surface area contributed by atoms with Crippen LogP contribution in [0.5, 0.6) is 5.75 Å². The number of aryl methyl sites for hydroxylation is 2. The Kier molecular flexibility index (Phi) is 6.03. The summed E-state index contributed by atoms with van der Waals surface area (Å²) in [4.78, 5) is 22.3. The fourth-order valence-electron chi connectivity index (χ4n) is 2.84. The van der Waals surface area contributed by atoms with Gasteiger partial charge in [0.15, 0.2) is 6.61 Å². The zero-order chi connectivity index (χ0) is 20.8. The largest absolute Gasteiger partial charge is 0.483 e. The quantitative estimate of drug-likeness (QED) is 0.378. The first-order valence-corrected chi connectivity index (χ1v) is 8.89. The molecule has 1 N–H and O–H groups in total. The molecular formula is C21H20N4O4. The summed E-state index contributed by atoms with van der Waals surface area (Å²) in [5, 5.41) is 14.7. The molecule has 3 rings (SSSR count). The van der Waals surface area contributed by atoms with Gasteiger partial charge in [0, 0.05) is 24.0 Å². The molecule has 0 fully saturated rings. The van der Waals surface area contributed by atoms with E-state index in [1.807, 2.05) is 44.2 Å². The number of ether oxygens (including phenoxy) is 1. The number of nitrogens with one attached hydrogen (secondary N) is 1. The van der Waals surface area contributed by atoms with Gasteiger partial charge in [-0.05, 0) is 49.2 Å². The average Bonchev–Trinajstić information content (AvgIpc) is 3.16. The van der Waals surface area contributed by atoms with Crippen LogP contribution in [0.15, 0.2) is 65.9 Å². The van der Waals surface area contributed by atoms with Crippen LogP contribution in [0.4, 0.5) is 5.69 Å². The number of hydrogen-bond acceptors (Lipinski definition) is 5. The molecule has 0 bridgehead atoms. The molecular weight excluding hydrogens is 372 g/mol. The molecule has 0 aliphatic carbocycles. The van der Waals surface area contributed by atoms with E-state index >= 15 is 0 Å². The number of amides is 1. The predicted octanol–water partition coefficient (Wildman–Crippen LogP) is 3.53. The lowest BCUT2D eigenvalue weighted by Crippen LogP contribution is -2.25. The topological polar surface area (TPSA) is 98.8 Å². The molecule has 148 valence electrons. The third kappa shape index (κ3) is 4.86. The minimum atomic E-state index is -0.447. The highest BCUT2D eigenvalue weighted by Gasteiger charge is 2.08. The van der Waals surface area contributed by atoms with E-state index in [0.717, 1.165) is 16.8 Å². The molecule has 3 aromatic rings. The van der Waals surface area contributed by atoms with Gasteiger partial charge in [0.1, 0.15) is 5.75 Å². The molecule has 8 nitrogen and oxygen atoms in total. The van der Waals surface area contributed by atoms with Gasteiger partial charge in [-0.3, -0.25) is 14.9 Å². The van der Waals surface area contributed by atoms with Crippen LogP contribution >= 0.6 is 0 Å². The Hall–Kier alpha value is -3.94. The molecule has 0 saturated carbocycles. The van der Waals surface area contributed by atoms with E-state index in [-0.39, 0.29) is 18.2 Å². The fraction of sp³-hybridized carbons (Fsp3) is 0.143. The van der Waals surface area contributed by atoms with Crippen molar-refractivity contribution in [2.75, 3.05) is 6.61 Å². The van der Waals surface area contributed by atoms with E-state index in [2.05, 4.69) is 10.5 Å². The van der Waals surface area contributed by atoms with Crippen molar-refractivity contribution in [2.45, 2.75) is 13.8 Å². The Morgan fingerprint density at radius 3 is 2.48 bits per heavy atom. The monoisotopic (exact) mass is 392 g/mol. The van der Waals surface area contributed by atoms with E-state index < -0.39 is 4.92 Å². The summed E-state index contributed by atoms with van der Waals surface area (Å²) in [5.41, 5.74) is 5.82. The second-order valence-electron chi connectivity index (χ2n) is 6.38. The number of rotatable bonds is 7. The smallest absolute Gasteiger partial charge is 0.277 e. The molecule has 1 heterocycles. The van der Waals surface area contributed by atoms with Crippen LogP contribution in [0, 0.1) is 24.0 Å². The number of nitrogens with zero attached hydrogens (tertiary/aromatic N) is 3. The van der Waals surface area contributed by atoms with Gasteiger partial charge in [-0.1, -0.05) is 18.2 Å². The minimum Gasteiger partial charge on any atom is -0.483 e. The summed E-state index contributed by atoms with van der Waals surface area (Å²) < 4.78 is 7.39. The van der Waals surface area contributed by atoms with Crippen LogP contribution < -0.4 is 10.2 Å². The van der Waals surface area contributed by atoms with Gasteiger partial charge in [0.05, 0.1) is 16.8 Å². The molecule has 0 unspecified atom stereocenters. The lowest BCUT2D eigenvalue weighted by Gasteiger charge is -2.10. The summed E-state index contributed by atoms with van der Waals surface area (Å²) in [7, 11) is 0. The third-order valence-electron chi connectivity index (χ3n) is 4.26. The van der Waals surface area contributed by atoms with E-state index in [4.69, 9.17) is 4.74 Å². The number of aromatic nitrogens is 1. The summed E-state index contributed by atoms with van der Waals surface area (Å²) in [6.07, 6.45) is 3.30. The first-order chi connectivity index (χ1) is 14.0. The number of carbonyl (C=O) groups is 1. The summed E-state index contributed by atoms with van der Waals surface area (Å²) >= 11 is 0. The van der Waals surface area contributed by atoms with Crippen LogP contribution in [0.25, 0.3) is 5.69 Å². The van der Waals surface area contributed by atoms with Gasteiger partial charge in [0.25, 0.3) is 11.6 Å². The Labute approximate surface area is 167 Å². The van der Waals surface area contributed by atoms with Crippen LogP contribution in [0.1, 0.15) is 16.8 Å². The fourth-order valence-corrected chi connectivity index (χ4v) is 2.84. The van der Waals surface area contributed by atoms with E-state index in [1.54, 1.807) is 22.9 Å². The van der Waals surface area contributed by atoms with Crippen LogP contribution in [0.2, 0.25) is 0 Å². The minimum absolute atomic E-state index is 0.0206. The second-order valence-corrected chi connectivity index (χ2v) is 6.38. The maximum Gasteiger partial charge on any atom is 0.277 e. The van der Waals surface area contributed by atoms with Crippen LogP contribution in [-0.4, -0.2) is 28.2 Å². The maximum absolute atomic E-state index is 12.0. The average molecular weight is 392 g/mol. The molecule has 0 atom stereocenters. The zero-order valence-corrected chi connectivity index (χ0v) is 16.0. The van der Waals surface area contributed by atoms with Gasteiger partial charge in [-0.2, -0.15) is 5.10 Å². The normalized spacial score (nSPS) is 10.8. The van der Waals surface area contributed by atoms with Crippen molar-refractivity contribution in [2.24, 2.45) is 5.10 Å². The Bertz CT molecular complexity index is 1030. The van der Waals surface area contributed by atoms with Crippen molar-refractivity contribution in [1.82, 2.24) is 9.99 Å². The number of non-ortho nitro benzene ring substituents is 1. The number of carbonyl (C=O) groups excluding carboxylic acids is 1. The molecule has 0 aliphatic rings. The molecule has 0 radical (unpaired) electrons. The summed E-state index contributed by atoms with van der Waals surface area (Å²) in [6, 6.07) is 15.6. The van der Waals surface area contributed by atoms with Crippen molar-refractivity contribution in [3.63, 3.8) is 0 Å². The molecule has 0 saturated heterocycles. The molecule has 8 heteroatoms. The molecule has 0 aliphatic heterocycles. The number of nitro groups is 1. The standard InChI is InChI=1S/C21H20N4O4/c1-15-5-3-6-16(2)21(15)29-14-20(26)23-22-13-19-7-4-12-24(19)17-8-10-18(11-9-17)25(27)28/h3-13H,14H2,1-2H3,(H,23,26)/b22-13+. The van der Waals surface area contributed by atoms with E-state index in [1.165, 1.54) is 18.3 Å². The maximum atomic E-state index is 12.0. The van der Waals surface area contributed by atoms with Crippen molar-refractivity contribution < 1.29 is 14.5 Å². The molecule has 1 aromatic heterocycles. The van der Waals surface area contributed by atoms with Crippen molar-refractivity contribution in [3.05, 3.63) is 87.7 Å². The van der Waals surface area contributed by atoms with Gasteiger partial charge in [-0.15, -0.1) is 0 Å². The molecule has 1 amide bonds. The van der Waals surface area contributed by atoms with Crippen LogP contribution in [0.3, 0.4) is 0 Å². The van der Waals surface area contributed by atoms with Gasteiger partial charge in [0.2, 0.25) is 0 Å². The Balaban J connectivity index is 1.60. The van der Waals surface area contributed by atoms with Crippen LogP contribution in [-0.2, 0) is 4.79 Å². The number of hydrazone groups is 1. The number of hydrogen-bond donors (Lipinski definition) is 1. The molecule has 0 spiro atoms. The van der Waals surface area contributed by atoms with Crippen molar-refractivity contribution >= 4 is 17.8 Å².